The molecule has 4 heteroatoms. The summed E-state index contributed by atoms with van der Waals surface area (Å²) in [6.07, 6.45) is 43.8. The molecule has 0 aromatic heterocycles. The molecule has 0 bridgehead atoms. The minimum atomic E-state index is -0.865. The van der Waals surface area contributed by atoms with Crippen LogP contribution in [0.5, 0.6) is 0 Å². The highest BCUT2D eigenvalue weighted by Crippen LogP contribution is 2.13. The average molecular weight is 590 g/mol. The van der Waals surface area contributed by atoms with Gasteiger partial charge in [-0.1, -0.05) is 166 Å². The molecule has 0 saturated heterocycles. The van der Waals surface area contributed by atoms with Crippen LogP contribution in [0.1, 0.15) is 181 Å². The molecule has 0 aromatic carbocycles. The minimum absolute atomic E-state index is 0.0819. The number of nitrogens with one attached hydrogen (secondary N) is 1. The Labute approximate surface area is 261 Å². The number of carbonyl (C=O) groups excluding carboxylic acids is 1. The number of carbonyl (C=O) groups is 1. The Balaban J connectivity index is 3.69. The number of unbranched alkanes of at least 4 members (excludes halogenated alkanes) is 21. The van der Waals surface area contributed by atoms with Crippen molar-refractivity contribution >= 4 is 5.91 Å². The predicted molar refractivity (Wildman–Crippen MR) is 184 cm³/mol. The van der Waals surface area contributed by atoms with Gasteiger partial charge >= 0.3 is 0 Å². The molecule has 2 unspecified atom stereocenters. The first-order valence-corrected chi connectivity index (χ1v) is 18.2. The number of aliphatic hydroxyl groups excluding tert-OH is 2. The zero-order valence-electron chi connectivity index (χ0n) is 28.0. The lowest BCUT2D eigenvalue weighted by Crippen LogP contribution is -2.45. The van der Waals surface area contributed by atoms with Crippen molar-refractivity contribution in [2.75, 3.05) is 6.61 Å². The van der Waals surface area contributed by atoms with Gasteiger partial charge in [0.1, 0.15) is 0 Å². The SMILES string of the molecule is CCCCCCCCCCCC/C=C/CC/C=C/CC/C=C/C(O)C(CO)NC(=O)CCCCCCCCCCCC. The topological polar surface area (TPSA) is 69.6 Å². The van der Waals surface area contributed by atoms with E-state index in [2.05, 4.69) is 43.5 Å². The molecule has 2 atom stereocenters. The Kier molecular flexibility index (Phi) is 33.0. The van der Waals surface area contributed by atoms with Crippen molar-refractivity contribution in [2.24, 2.45) is 0 Å². The molecular formula is C38H71NO3. The lowest BCUT2D eigenvalue weighted by Gasteiger charge is -2.19. The summed E-state index contributed by atoms with van der Waals surface area (Å²) in [4.78, 5) is 12.2. The Morgan fingerprint density at radius 2 is 0.929 bits per heavy atom. The molecule has 0 aromatic rings. The maximum absolute atomic E-state index is 12.2. The van der Waals surface area contributed by atoms with E-state index >= 15 is 0 Å². The van der Waals surface area contributed by atoms with Crippen LogP contribution in [-0.2, 0) is 4.79 Å². The van der Waals surface area contributed by atoms with Crippen LogP contribution in [0.4, 0.5) is 0 Å². The second-order valence-electron chi connectivity index (χ2n) is 12.3. The molecule has 246 valence electrons. The van der Waals surface area contributed by atoms with E-state index in [0.717, 1.165) is 38.5 Å². The van der Waals surface area contributed by atoms with Crippen molar-refractivity contribution in [3.05, 3.63) is 36.5 Å². The van der Waals surface area contributed by atoms with Gasteiger partial charge in [0.2, 0.25) is 5.91 Å². The molecular weight excluding hydrogens is 518 g/mol. The first-order valence-electron chi connectivity index (χ1n) is 18.2. The normalized spacial score (nSPS) is 13.5. The van der Waals surface area contributed by atoms with Gasteiger partial charge in [-0.2, -0.15) is 0 Å². The molecule has 42 heavy (non-hydrogen) atoms. The van der Waals surface area contributed by atoms with E-state index in [0.29, 0.717) is 6.42 Å². The van der Waals surface area contributed by atoms with Gasteiger partial charge < -0.3 is 15.5 Å². The van der Waals surface area contributed by atoms with Crippen LogP contribution >= 0.6 is 0 Å². The number of hydrogen-bond donors (Lipinski definition) is 3. The zero-order valence-corrected chi connectivity index (χ0v) is 28.0. The molecule has 0 radical (unpaired) electrons. The van der Waals surface area contributed by atoms with Crippen LogP contribution in [-0.4, -0.2) is 34.9 Å². The second kappa shape index (κ2) is 34.1. The Bertz CT molecular complexity index is 642. The number of amides is 1. The van der Waals surface area contributed by atoms with Crippen LogP contribution in [0.25, 0.3) is 0 Å². The molecule has 0 fully saturated rings. The molecule has 0 aliphatic carbocycles. The van der Waals surface area contributed by atoms with E-state index in [-0.39, 0.29) is 12.5 Å². The summed E-state index contributed by atoms with van der Waals surface area (Å²) in [6.45, 7) is 4.26. The lowest BCUT2D eigenvalue weighted by atomic mass is 10.1. The van der Waals surface area contributed by atoms with E-state index in [1.54, 1.807) is 6.08 Å². The average Bonchev–Trinajstić information content (AvgIpc) is 2.99. The van der Waals surface area contributed by atoms with Crippen LogP contribution in [0, 0.1) is 0 Å². The Morgan fingerprint density at radius 3 is 1.38 bits per heavy atom. The summed E-state index contributed by atoms with van der Waals surface area (Å²) in [5, 5.41) is 22.8. The van der Waals surface area contributed by atoms with Crippen LogP contribution in [0.3, 0.4) is 0 Å². The fourth-order valence-corrected chi connectivity index (χ4v) is 5.27. The van der Waals surface area contributed by atoms with Crippen molar-refractivity contribution in [3.63, 3.8) is 0 Å². The number of aliphatic hydroxyl groups is 2. The summed E-state index contributed by atoms with van der Waals surface area (Å²) in [5.74, 6) is -0.0819. The van der Waals surface area contributed by atoms with Crippen molar-refractivity contribution in [2.45, 2.75) is 193 Å². The highest BCUT2D eigenvalue weighted by atomic mass is 16.3. The Morgan fingerprint density at radius 1 is 0.548 bits per heavy atom. The van der Waals surface area contributed by atoms with Crippen molar-refractivity contribution in [3.8, 4) is 0 Å². The molecule has 0 aliphatic heterocycles. The van der Waals surface area contributed by atoms with Gasteiger partial charge in [-0.05, 0) is 44.9 Å². The molecule has 4 nitrogen and oxygen atoms in total. The van der Waals surface area contributed by atoms with E-state index in [1.807, 2.05) is 6.08 Å². The molecule has 1 amide bonds. The van der Waals surface area contributed by atoms with E-state index < -0.39 is 12.1 Å². The van der Waals surface area contributed by atoms with Gasteiger partial charge in [0.15, 0.2) is 0 Å². The third-order valence-electron chi connectivity index (χ3n) is 8.10. The largest absolute Gasteiger partial charge is 0.394 e. The summed E-state index contributed by atoms with van der Waals surface area (Å²) in [5.41, 5.74) is 0. The molecule has 0 heterocycles. The molecule has 0 aliphatic rings. The fraction of sp³-hybridized carbons (Fsp3) is 0.816. The maximum atomic E-state index is 12.2. The van der Waals surface area contributed by atoms with Gasteiger partial charge in [-0.25, -0.2) is 0 Å². The Hall–Kier alpha value is -1.39. The molecule has 0 rings (SSSR count). The van der Waals surface area contributed by atoms with Crippen molar-refractivity contribution in [1.82, 2.24) is 5.32 Å². The zero-order chi connectivity index (χ0) is 30.8. The van der Waals surface area contributed by atoms with Crippen molar-refractivity contribution < 1.29 is 15.0 Å². The predicted octanol–water partition coefficient (Wildman–Crippen LogP) is 10.7. The highest BCUT2D eigenvalue weighted by Gasteiger charge is 2.17. The van der Waals surface area contributed by atoms with Crippen molar-refractivity contribution in [1.29, 1.82) is 0 Å². The maximum Gasteiger partial charge on any atom is 0.220 e. The van der Waals surface area contributed by atoms with E-state index in [9.17, 15) is 15.0 Å². The lowest BCUT2D eigenvalue weighted by molar-refractivity contribution is -0.123. The standard InChI is InChI=1S/C38H71NO3/c1-3-5-7-9-11-13-15-16-17-18-19-20-21-22-23-24-25-27-29-31-33-37(41)36(35-40)39-38(42)34-32-30-28-26-14-12-10-8-6-4-2/h20-21,24-25,31,33,36-37,40-41H,3-19,22-23,26-30,32,34-35H2,1-2H3,(H,39,42)/b21-20+,25-24+,33-31+. The second-order valence-corrected chi connectivity index (χ2v) is 12.3. The quantitative estimate of drug-likeness (QED) is 0.0540. The third kappa shape index (κ3) is 30.1. The van der Waals surface area contributed by atoms with Crippen LogP contribution < -0.4 is 5.32 Å². The fourth-order valence-electron chi connectivity index (χ4n) is 5.27. The first-order chi connectivity index (χ1) is 20.7. The first kappa shape index (κ1) is 40.6. The number of hydrogen-bond acceptors (Lipinski definition) is 3. The number of rotatable bonds is 32. The van der Waals surface area contributed by atoms with E-state index in [4.69, 9.17) is 0 Å². The smallest absolute Gasteiger partial charge is 0.220 e. The highest BCUT2D eigenvalue weighted by molar-refractivity contribution is 5.76. The monoisotopic (exact) mass is 590 g/mol. The summed E-state index contributed by atoms with van der Waals surface area (Å²) in [7, 11) is 0. The van der Waals surface area contributed by atoms with E-state index in [1.165, 1.54) is 122 Å². The van der Waals surface area contributed by atoms with Crippen LogP contribution in [0.2, 0.25) is 0 Å². The van der Waals surface area contributed by atoms with Gasteiger partial charge in [0, 0.05) is 6.42 Å². The third-order valence-corrected chi connectivity index (χ3v) is 8.10. The minimum Gasteiger partial charge on any atom is -0.394 e. The van der Waals surface area contributed by atoms with Gasteiger partial charge in [-0.3, -0.25) is 4.79 Å². The van der Waals surface area contributed by atoms with Gasteiger partial charge in [0.25, 0.3) is 0 Å². The van der Waals surface area contributed by atoms with Gasteiger partial charge in [-0.15, -0.1) is 0 Å². The van der Waals surface area contributed by atoms with Gasteiger partial charge in [0.05, 0.1) is 18.8 Å². The molecule has 3 N–H and O–H groups in total. The summed E-state index contributed by atoms with van der Waals surface area (Å²) < 4.78 is 0. The summed E-state index contributed by atoms with van der Waals surface area (Å²) in [6, 6.07) is -0.639. The molecule has 0 spiro atoms. The van der Waals surface area contributed by atoms with Crippen LogP contribution in [0.15, 0.2) is 36.5 Å². The number of allylic oxidation sites excluding steroid dienone is 5. The summed E-state index contributed by atoms with van der Waals surface area (Å²) >= 11 is 0. The molecule has 0 saturated carbocycles.